The minimum absolute atomic E-state index is 0.436. The highest BCUT2D eigenvalue weighted by atomic mass is 35.5. The van der Waals surface area contributed by atoms with Gasteiger partial charge in [-0.15, -0.1) is 0 Å². The van der Waals surface area contributed by atoms with Crippen molar-refractivity contribution in [2.45, 2.75) is 0 Å². The van der Waals surface area contributed by atoms with Gasteiger partial charge in [0.15, 0.2) is 0 Å². The van der Waals surface area contributed by atoms with Crippen molar-refractivity contribution in [3.63, 3.8) is 0 Å². The first-order valence-corrected chi connectivity index (χ1v) is 5.82. The number of ether oxygens (including phenoxy) is 2. The molecule has 0 radical (unpaired) electrons. The normalized spacial score (nSPS) is 10.1. The predicted molar refractivity (Wildman–Crippen MR) is 72.0 cm³/mol. The summed E-state index contributed by atoms with van der Waals surface area (Å²) in [5.74, 6) is 0.465. The fourth-order valence-electron chi connectivity index (χ4n) is 1.59. The van der Waals surface area contributed by atoms with Gasteiger partial charge in [0.1, 0.15) is 11.5 Å². The third kappa shape index (κ3) is 3.06. The quantitative estimate of drug-likeness (QED) is 0.870. The molecule has 0 aliphatic rings. The highest BCUT2D eigenvalue weighted by Gasteiger charge is 2.10. The summed E-state index contributed by atoms with van der Waals surface area (Å²) in [5, 5.41) is 3.46. The molecule has 0 bridgehead atoms. The maximum atomic E-state index is 13.0. The Bertz CT molecular complexity index is 593. The lowest BCUT2D eigenvalue weighted by Crippen LogP contribution is -1.97. The molecule has 1 heterocycles. The van der Waals surface area contributed by atoms with E-state index in [2.05, 4.69) is 10.3 Å². The number of nitrogens with zero attached hydrogens (tertiary/aromatic N) is 1. The first kappa shape index (κ1) is 13.4. The molecule has 0 aliphatic carbocycles. The van der Waals surface area contributed by atoms with Gasteiger partial charge in [0.05, 0.1) is 24.9 Å². The SMILES string of the molecule is COc1cc(Nc2ccnc(F)c2)c(OC)cc1Cl. The number of nitrogens with one attached hydrogen (secondary N) is 1. The molecule has 2 aromatic rings. The van der Waals surface area contributed by atoms with E-state index in [0.29, 0.717) is 27.9 Å². The summed E-state index contributed by atoms with van der Waals surface area (Å²) in [5.41, 5.74) is 1.17. The first-order valence-electron chi connectivity index (χ1n) is 5.44. The van der Waals surface area contributed by atoms with Crippen LogP contribution in [0.2, 0.25) is 5.02 Å². The van der Waals surface area contributed by atoms with Crippen LogP contribution in [0.4, 0.5) is 15.8 Å². The molecule has 0 amide bonds. The fourth-order valence-corrected chi connectivity index (χ4v) is 1.82. The zero-order valence-electron chi connectivity index (χ0n) is 10.4. The lowest BCUT2D eigenvalue weighted by atomic mass is 10.2. The Morgan fingerprint density at radius 1 is 1.16 bits per heavy atom. The van der Waals surface area contributed by atoms with E-state index >= 15 is 0 Å². The van der Waals surface area contributed by atoms with Gasteiger partial charge >= 0.3 is 0 Å². The van der Waals surface area contributed by atoms with Gasteiger partial charge in [-0.05, 0) is 6.07 Å². The van der Waals surface area contributed by atoms with E-state index in [1.165, 1.54) is 26.5 Å². The van der Waals surface area contributed by atoms with Crippen LogP contribution in [0.15, 0.2) is 30.5 Å². The largest absolute Gasteiger partial charge is 0.495 e. The van der Waals surface area contributed by atoms with Gasteiger partial charge in [0.25, 0.3) is 0 Å². The molecular formula is C13H12ClFN2O2. The molecule has 0 atom stereocenters. The number of hydrogen-bond acceptors (Lipinski definition) is 4. The van der Waals surface area contributed by atoms with Crippen molar-refractivity contribution in [2.24, 2.45) is 0 Å². The second-order valence-corrected chi connectivity index (χ2v) is 4.09. The molecule has 0 saturated heterocycles. The van der Waals surface area contributed by atoms with Crippen molar-refractivity contribution < 1.29 is 13.9 Å². The van der Waals surface area contributed by atoms with Gasteiger partial charge in [-0.1, -0.05) is 11.6 Å². The van der Waals surface area contributed by atoms with Crippen LogP contribution < -0.4 is 14.8 Å². The average Bonchev–Trinajstić information content (AvgIpc) is 2.40. The van der Waals surface area contributed by atoms with Crippen molar-refractivity contribution in [3.05, 3.63) is 41.4 Å². The maximum Gasteiger partial charge on any atom is 0.214 e. The number of hydrogen-bond donors (Lipinski definition) is 1. The summed E-state index contributed by atoms with van der Waals surface area (Å²) >= 11 is 6.01. The number of anilines is 2. The number of pyridine rings is 1. The summed E-state index contributed by atoms with van der Waals surface area (Å²) in [6.07, 6.45) is 1.37. The standard InChI is InChI=1S/C13H12ClFN2O2/c1-18-11-7-10(12(19-2)6-9(11)14)17-8-3-4-16-13(15)5-8/h3-7H,1-2H3,(H,16,17). The van der Waals surface area contributed by atoms with Crippen LogP contribution >= 0.6 is 11.6 Å². The van der Waals surface area contributed by atoms with Gasteiger partial charge in [0, 0.05) is 30.1 Å². The number of aromatic nitrogens is 1. The number of halogens is 2. The molecule has 1 N–H and O–H groups in total. The molecule has 0 unspecified atom stereocenters. The van der Waals surface area contributed by atoms with Gasteiger partial charge < -0.3 is 14.8 Å². The van der Waals surface area contributed by atoms with Gasteiger partial charge in [-0.2, -0.15) is 4.39 Å². The molecule has 0 fully saturated rings. The molecule has 2 rings (SSSR count). The molecule has 100 valence electrons. The number of benzene rings is 1. The molecule has 0 aliphatic heterocycles. The third-order valence-electron chi connectivity index (χ3n) is 2.48. The monoisotopic (exact) mass is 282 g/mol. The smallest absolute Gasteiger partial charge is 0.214 e. The van der Waals surface area contributed by atoms with Crippen LogP contribution in [-0.4, -0.2) is 19.2 Å². The second-order valence-electron chi connectivity index (χ2n) is 3.68. The molecule has 6 heteroatoms. The Labute approximate surface area is 115 Å². The summed E-state index contributed by atoms with van der Waals surface area (Å²) in [7, 11) is 3.04. The number of methoxy groups -OCH3 is 2. The Balaban J connectivity index is 2.38. The third-order valence-corrected chi connectivity index (χ3v) is 2.77. The molecule has 4 nitrogen and oxygen atoms in total. The second kappa shape index (κ2) is 5.75. The Morgan fingerprint density at radius 3 is 2.53 bits per heavy atom. The van der Waals surface area contributed by atoms with Crippen LogP contribution in [0, 0.1) is 5.95 Å². The zero-order chi connectivity index (χ0) is 13.8. The van der Waals surface area contributed by atoms with E-state index in [1.54, 1.807) is 18.2 Å². The Morgan fingerprint density at radius 2 is 1.89 bits per heavy atom. The van der Waals surface area contributed by atoms with Gasteiger partial charge in [-0.3, -0.25) is 0 Å². The maximum absolute atomic E-state index is 13.0. The van der Waals surface area contributed by atoms with Crippen molar-refractivity contribution in [3.8, 4) is 11.5 Å². The lowest BCUT2D eigenvalue weighted by Gasteiger charge is -2.13. The molecule has 0 spiro atoms. The van der Waals surface area contributed by atoms with Crippen molar-refractivity contribution in [2.75, 3.05) is 19.5 Å². The molecule has 1 aromatic heterocycles. The van der Waals surface area contributed by atoms with Crippen molar-refractivity contribution in [1.29, 1.82) is 0 Å². The lowest BCUT2D eigenvalue weighted by molar-refractivity contribution is 0.405. The predicted octanol–water partition coefficient (Wildman–Crippen LogP) is 3.63. The van der Waals surface area contributed by atoms with Crippen molar-refractivity contribution >= 4 is 23.0 Å². The van der Waals surface area contributed by atoms with Crippen LogP contribution in [0.5, 0.6) is 11.5 Å². The van der Waals surface area contributed by atoms with Crippen LogP contribution in [0.25, 0.3) is 0 Å². The minimum Gasteiger partial charge on any atom is -0.495 e. The summed E-state index contributed by atoms with van der Waals surface area (Å²) in [6.45, 7) is 0. The van der Waals surface area contributed by atoms with Crippen molar-refractivity contribution in [1.82, 2.24) is 4.98 Å². The molecule has 0 saturated carbocycles. The van der Waals surface area contributed by atoms with Crippen LogP contribution in [-0.2, 0) is 0 Å². The van der Waals surface area contributed by atoms with E-state index < -0.39 is 5.95 Å². The van der Waals surface area contributed by atoms with Gasteiger partial charge in [-0.25, -0.2) is 4.98 Å². The summed E-state index contributed by atoms with van der Waals surface area (Å²) in [4.78, 5) is 3.49. The number of rotatable bonds is 4. The van der Waals surface area contributed by atoms with E-state index in [1.807, 2.05) is 0 Å². The van der Waals surface area contributed by atoms with E-state index in [0.717, 1.165) is 0 Å². The Hall–Kier alpha value is -2.01. The first-order chi connectivity index (χ1) is 9.13. The topological polar surface area (TPSA) is 43.4 Å². The summed E-state index contributed by atoms with van der Waals surface area (Å²) in [6, 6.07) is 6.23. The van der Waals surface area contributed by atoms with Gasteiger partial charge in [0.2, 0.25) is 5.95 Å². The highest BCUT2D eigenvalue weighted by Crippen LogP contribution is 2.37. The molecule has 1 aromatic carbocycles. The summed E-state index contributed by atoms with van der Waals surface area (Å²) < 4.78 is 23.4. The molecule has 19 heavy (non-hydrogen) atoms. The minimum atomic E-state index is -0.565. The highest BCUT2D eigenvalue weighted by molar-refractivity contribution is 6.32. The fraction of sp³-hybridized carbons (Fsp3) is 0.154. The van der Waals surface area contributed by atoms with E-state index in [9.17, 15) is 4.39 Å². The molecular weight excluding hydrogens is 271 g/mol. The van der Waals surface area contributed by atoms with Crippen LogP contribution in [0.1, 0.15) is 0 Å². The Kier molecular flexibility index (Phi) is 4.06. The van der Waals surface area contributed by atoms with Crippen LogP contribution in [0.3, 0.4) is 0 Å². The zero-order valence-corrected chi connectivity index (χ0v) is 11.2. The average molecular weight is 283 g/mol. The van der Waals surface area contributed by atoms with E-state index in [4.69, 9.17) is 21.1 Å². The van der Waals surface area contributed by atoms with E-state index in [-0.39, 0.29) is 0 Å².